The molecule has 212 valence electrons. The van der Waals surface area contributed by atoms with Crippen molar-refractivity contribution in [3.8, 4) is 6.07 Å². The van der Waals surface area contributed by atoms with Crippen molar-refractivity contribution in [2.24, 2.45) is 0 Å². The summed E-state index contributed by atoms with van der Waals surface area (Å²) in [5.74, 6) is -7.56. The number of hydrogen-bond donors (Lipinski definition) is 1. The van der Waals surface area contributed by atoms with Crippen LogP contribution in [-0.2, 0) is 14.4 Å². The third-order valence-corrected chi connectivity index (χ3v) is 7.79. The maximum absolute atomic E-state index is 14.5. The van der Waals surface area contributed by atoms with E-state index in [2.05, 4.69) is 10.3 Å². The first kappa shape index (κ1) is 28.5. The summed E-state index contributed by atoms with van der Waals surface area (Å²) in [7, 11) is 0. The molecule has 1 saturated carbocycles. The highest BCUT2D eigenvalue weighted by molar-refractivity contribution is 14.1. The molecule has 1 aromatic heterocycles. The van der Waals surface area contributed by atoms with Crippen LogP contribution in [-0.4, -0.2) is 40.7 Å². The van der Waals surface area contributed by atoms with Gasteiger partial charge in [0.25, 0.3) is 11.8 Å². The number of carbonyl (C=O) groups is 3. The van der Waals surface area contributed by atoms with Gasteiger partial charge < -0.3 is 9.73 Å². The van der Waals surface area contributed by atoms with E-state index in [4.69, 9.17) is 9.68 Å². The van der Waals surface area contributed by atoms with Crippen LogP contribution < -0.4 is 15.1 Å². The van der Waals surface area contributed by atoms with Gasteiger partial charge in [0.15, 0.2) is 0 Å². The second kappa shape index (κ2) is 11.1. The molecule has 5 rings (SSSR count). The minimum absolute atomic E-state index is 0.0642. The highest BCUT2D eigenvalue weighted by Crippen LogP contribution is 2.39. The molecular weight excluding hydrogens is 661 g/mol. The van der Waals surface area contributed by atoms with Crippen LogP contribution in [0.3, 0.4) is 0 Å². The standard InChI is InChI=1S/C27H20F4IN5O4/c28-14-7-15(29)9-17(8-14)36(25(40)21-5-6-22(38)37(21)26-34-13-18(12-33)41-26)23(19-3-1-2-4-20(19)32)24(39)35-16-10-27(30,31)11-16/h1-4,7-9,13,16,21,23H,5-6,10-11H2,(H,35,39)/t21-,23-/m0/s1. The summed E-state index contributed by atoms with van der Waals surface area (Å²) < 4.78 is 61.9. The molecule has 0 radical (unpaired) electrons. The van der Waals surface area contributed by atoms with Crippen molar-refractivity contribution in [3.05, 3.63) is 75.2 Å². The third-order valence-electron chi connectivity index (χ3n) is 6.81. The maximum atomic E-state index is 14.5. The van der Waals surface area contributed by atoms with Gasteiger partial charge in [-0.2, -0.15) is 5.26 Å². The molecule has 1 aliphatic carbocycles. The number of aromatic nitrogens is 1. The minimum atomic E-state index is -2.95. The number of benzene rings is 2. The van der Waals surface area contributed by atoms with Crippen LogP contribution in [0.25, 0.3) is 0 Å². The van der Waals surface area contributed by atoms with Gasteiger partial charge in [0.2, 0.25) is 17.6 Å². The van der Waals surface area contributed by atoms with Crippen LogP contribution in [0, 0.1) is 26.5 Å². The number of alkyl halides is 2. The zero-order valence-electron chi connectivity index (χ0n) is 21.0. The molecule has 14 heteroatoms. The Morgan fingerprint density at radius 2 is 1.88 bits per heavy atom. The van der Waals surface area contributed by atoms with Crippen LogP contribution >= 0.6 is 22.6 Å². The van der Waals surface area contributed by atoms with Crippen LogP contribution in [0.1, 0.15) is 43.0 Å². The molecule has 41 heavy (non-hydrogen) atoms. The second-order valence-corrected chi connectivity index (χ2v) is 10.8. The van der Waals surface area contributed by atoms with E-state index < -0.39 is 66.2 Å². The number of nitrogens with one attached hydrogen (secondary N) is 1. The number of halogens is 5. The van der Waals surface area contributed by atoms with Crippen molar-refractivity contribution < 1.29 is 36.4 Å². The molecule has 1 saturated heterocycles. The fourth-order valence-electron chi connectivity index (χ4n) is 4.97. The van der Waals surface area contributed by atoms with E-state index in [0.29, 0.717) is 9.64 Å². The number of carbonyl (C=O) groups excluding carboxylic acids is 3. The lowest BCUT2D eigenvalue weighted by atomic mass is 9.87. The first-order chi connectivity index (χ1) is 19.5. The fraction of sp³-hybridized carbons (Fsp3) is 0.296. The third kappa shape index (κ3) is 5.76. The van der Waals surface area contributed by atoms with Crippen LogP contribution in [0.15, 0.2) is 53.1 Å². The minimum Gasteiger partial charge on any atom is -0.412 e. The molecule has 2 atom stereocenters. The molecule has 0 spiro atoms. The van der Waals surface area contributed by atoms with E-state index in [9.17, 15) is 31.9 Å². The molecule has 0 unspecified atom stereocenters. The van der Waals surface area contributed by atoms with E-state index in [1.54, 1.807) is 24.3 Å². The molecule has 2 aromatic carbocycles. The van der Waals surface area contributed by atoms with Crippen LogP contribution in [0.2, 0.25) is 0 Å². The number of hydrogen-bond acceptors (Lipinski definition) is 6. The summed E-state index contributed by atoms with van der Waals surface area (Å²) >= 11 is 1.93. The van der Waals surface area contributed by atoms with Gasteiger partial charge in [-0.05, 0) is 52.8 Å². The lowest BCUT2D eigenvalue weighted by molar-refractivity contribution is -0.133. The van der Waals surface area contributed by atoms with Gasteiger partial charge in [-0.25, -0.2) is 22.5 Å². The molecule has 1 aliphatic heterocycles. The lowest BCUT2D eigenvalue weighted by Gasteiger charge is -2.39. The largest absolute Gasteiger partial charge is 0.412 e. The van der Waals surface area contributed by atoms with Gasteiger partial charge in [0.05, 0.1) is 11.9 Å². The lowest BCUT2D eigenvalue weighted by Crippen LogP contribution is -2.56. The van der Waals surface area contributed by atoms with Crippen molar-refractivity contribution in [2.75, 3.05) is 9.80 Å². The normalized spacial score (nSPS) is 18.9. The zero-order valence-corrected chi connectivity index (χ0v) is 23.1. The molecule has 1 N–H and O–H groups in total. The molecule has 2 heterocycles. The highest BCUT2D eigenvalue weighted by Gasteiger charge is 2.49. The van der Waals surface area contributed by atoms with Crippen molar-refractivity contribution in [1.82, 2.24) is 10.3 Å². The first-order valence-corrected chi connectivity index (χ1v) is 13.4. The predicted molar refractivity (Wildman–Crippen MR) is 144 cm³/mol. The number of nitrogens with zero attached hydrogens (tertiary/aromatic N) is 4. The Balaban J connectivity index is 1.62. The number of rotatable bonds is 7. The van der Waals surface area contributed by atoms with E-state index in [0.717, 1.165) is 28.1 Å². The molecule has 9 nitrogen and oxygen atoms in total. The Bertz CT molecular complexity index is 1550. The number of amides is 3. The van der Waals surface area contributed by atoms with E-state index in [-0.39, 0.29) is 35.9 Å². The number of anilines is 2. The Labute approximate surface area is 244 Å². The van der Waals surface area contributed by atoms with E-state index in [1.165, 1.54) is 6.07 Å². The topological polar surface area (TPSA) is 120 Å². The van der Waals surface area contributed by atoms with Crippen molar-refractivity contribution >= 4 is 52.0 Å². The summed E-state index contributed by atoms with van der Waals surface area (Å²) in [6.07, 6.45) is -0.320. The molecule has 0 bridgehead atoms. The van der Waals surface area contributed by atoms with Gasteiger partial charge in [-0.15, -0.1) is 0 Å². The summed E-state index contributed by atoms with van der Waals surface area (Å²) in [5, 5.41) is 11.6. The Hall–Kier alpha value is -4.00. The van der Waals surface area contributed by atoms with E-state index in [1.807, 2.05) is 22.6 Å². The van der Waals surface area contributed by atoms with E-state index >= 15 is 0 Å². The second-order valence-electron chi connectivity index (χ2n) is 9.67. The molecule has 3 amide bonds. The average molecular weight is 681 g/mol. The average Bonchev–Trinajstić information content (AvgIpc) is 3.51. The van der Waals surface area contributed by atoms with Gasteiger partial charge >= 0.3 is 6.01 Å². The summed E-state index contributed by atoms with van der Waals surface area (Å²) in [6, 6.07) is 6.35. The summed E-state index contributed by atoms with van der Waals surface area (Å²) in [4.78, 5) is 46.7. The van der Waals surface area contributed by atoms with Gasteiger partial charge in [0.1, 0.15) is 29.8 Å². The van der Waals surface area contributed by atoms with Crippen LogP contribution in [0.4, 0.5) is 29.3 Å². The Kier molecular flexibility index (Phi) is 7.73. The summed E-state index contributed by atoms with van der Waals surface area (Å²) in [6.45, 7) is 0. The van der Waals surface area contributed by atoms with Gasteiger partial charge in [-0.1, -0.05) is 18.2 Å². The van der Waals surface area contributed by atoms with Gasteiger partial charge in [-0.3, -0.25) is 24.2 Å². The Morgan fingerprint density at radius 3 is 2.49 bits per heavy atom. The van der Waals surface area contributed by atoms with Gasteiger partial charge in [0, 0.05) is 34.9 Å². The van der Waals surface area contributed by atoms with Crippen molar-refractivity contribution in [3.63, 3.8) is 0 Å². The zero-order chi connectivity index (χ0) is 29.5. The SMILES string of the molecule is N#Cc1cnc(N2C(=O)CC[C@H]2C(=O)N(c2cc(F)cc(F)c2)[C@H](C(=O)NC2CC(F)(F)C2)c2ccccc2I)o1. The highest BCUT2D eigenvalue weighted by atomic mass is 127. The molecule has 2 fully saturated rings. The Morgan fingerprint density at radius 1 is 1.20 bits per heavy atom. The maximum Gasteiger partial charge on any atom is 0.306 e. The number of oxazole rings is 1. The quantitative estimate of drug-likeness (QED) is 0.288. The molecule has 3 aromatic rings. The van der Waals surface area contributed by atoms with Crippen LogP contribution in [0.5, 0.6) is 0 Å². The predicted octanol–water partition coefficient (Wildman–Crippen LogP) is 4.61. The fourth-order valence-corrected chi connectivity index (χ4v) is 5.65. The van der Waals surface area contributed by atoms with Crippen molar-refractivity contribution in [2.45, 2.75) is 49.7 Å². The smallest absolute Gasteiger partial charge is 0.306 e. The molecule has 2 aliphatic rings. The monoisotopic (exact) mass is 681 g/mol. The molecular formula is C27H20F4IN5O4. The first-order valence-electron chi connectivity index (χ1n) is 12.4. The van der Waals surface area contributed by atoms with Crippen molar-refractivity contribution in [1.29, 1.82) is 5.26 Å². The number of nitriles is 1. The summed E-state index contributed by atoms with van der Waals surface area (Å²) in [5.41, 5.74) is -0.0795.